The van der Waals surface area contributed by atoms with E-state index in [9.17, 15) is 4.79 Å². The Bertz CT molecular complexity index is 555. The van der Waals surface area contributed by atoms with Crippen LogP contribution in [0.1, 0.15) is 29.6 Å². The number of rotatable bonds is 6. The Morgan fingerprint density at radius 1 is 1.29 bits per heavy atom. The SMILES string of the molecule is COCCCOc1cccc(C(=O)N2CC3CCC(N)C3C2)c1.Cl. The highest BCUT2D eigenvalue weighted by molar-refractivity contribution is 5.94. The van der Waals surface area contributed by atoms with Gasteiger partial charge in [0.2, 0.25) is 0 Å². The molecule has 0 aromatic heterocycles. The molecule has 1 aromatic rings. The Hall–Kier alpha value is -1.30. The molecule has 3 unspecified atom stereocenters. The summed E-state index contributed by atoms with van der Waals surface area (Å²) in [6.07, 6.45) is 3.09. The molecule has 0 bridgehead atoms. The molecule has 1 aromatic carbocycles. The second kappa shape index (κ2) is 8.70. The third kappa shape index (κ3) is 4.21. The molecule has 0 radical (unpaired) electrons. The van der Waals surface area contributed by atoms with Gasteiger partial charge in [0.25, 0.3) is 5.91 Å². The van der Waals surface area contributed by atoms with Crippen molar-refractivity contribution in [2.45, 2.75) is 25.3 Å². The van der Waals surface area contributed by atoms with Crippen LogP contribution >= 0.6 is 12.4 Å². The van der Waals surface area contributed by atoms with Gasteiger partial charge in [-0.3, -0.25) is 4.79 Å². The summed E-state index contributed by atoms with van der Waals surface area (Å²) in [7, 11) is 1.68. The van der Waals surface area contributed by atoms with E-state index in [0.29, 0.717) is 30.6 Å². The quantitative estimate of drug-likeness (QED) is 0.796. The Morgan fingerprint density at radius 3 is 2.88 bits per heavy atom. The highest BCUT2D eigenvalue weighted by Gasteiger charge is 2.42. The first kappa shape index (κ1) is 19.0. The van der Waals surface area contributed by atoms with Crippen molar-refractivity contribution < 1.29 is 14.3 Å². The number of hydrogen-bond donors (Lipinski definition) is 1. The molecule has 134 valence electrons. The molecule has 3 atom stereocenters. The Kier molecular flexibility index (Phi) is 6.90. The summed E-state index contributed by atoms with van der Waals surface area (Å²) in [5.74, 6) is 1.90. The van der Waals surface area contributed by atoms with Crippen LogP contribution < -0.4 is 10.5 Å². The number of fused-ring (bicyclic) bond motifs is 1. The monoisotopic (exact) mass is 354 g/mol. The lowest BCUT2D eigenvalue weighted by Crippen LogP contribution is -2.33. The predicted molar refractivity (Wildman–Crippen MR) is 95.8 cm³/mol. The number of likely N-dealkylation sites (tertiary alicyclic amines) is 1. The van der Waals surface area contributed by atoms with Gasteiger partial charge < -0.3 is 20.1 Å². The maximum Gasteiger partial charge on any atom is 0.254 e. The fraction of sp³-hybridized carbons (Fsp3) is 0.611. The number of nitrogens with two attached hydrogens (primary N) is 1. The van der Waals surface area contributed by atoms with E-state index in [1.165, 1.54) is 0 Å². The van der Waals surface area contributed by atoms with Crippen LogP contribution in [0.5, 0.6) is 5.75 Å². The highest BCUT2D eigenvalue weighted by atomic mass is 35.5. The minimum atomic E-state index is 0. The van der Waals surface area contributed by atoms with E-state index >= 15 is 0 Å². The van der Waals surface area contributed by atoms with Crippen LogP contribution in [0.4, 0.5) is 0 Å². The maximum atomic E-state index is 12.7. The first-order valence-electron chi connectivity index (χ1n) is 8.45. The third-order valence-electron chi connectivity index (χ3n) is 5.04. The van der Waals surface area contributed by atoms with Gasteiger partial charge in [-0.1, -0.05) is 6.07 Å². The van der Waals surface area contributed by atoms with Gasteiger partial charge in [0.1, 0.15) is 5.75 Å². The number of methoxy groups -OCH3 is 1. The molecule has 1 aliphatic heterocycles. The summed E-state index contributed by atoms with van der Waals surface area (Å²) < 4.78 is 10.7. The molecular formula is C18H27ClN2O3. The largest absolute Gasteiger partial charge is 0.493 e. The number of hydrogen-bond acceptors (Lipinski definition) is 4. The van der Waals surface area contributed by atoms with E-state index in [0.717, 1.165) is 38.1 Å². The van der Waals surface area contributed by atoms with Crippen molar-refractivity contribution in [3.63, 3.8) is 0 Å². The molecule has 2 aliphatic rings. The van der Waals surface area contributed by atoms with Crippen molar-refractivity contribution in [2.75, 3.05) is 33.4 Å². The predicted octanol–water partition coefficient (Wildman–Crippen LogP) is 2.33. The van der Waals surface area contributed by atoms with E-state index in [-0.39, 0.29) is 24.4 Å². The zero-order valence-electron chi connectivity index (χ0n) is 14.1. The Balaban J connectivity index is 0.00000208. The Morgan fingerprint density at radius 2 is 2.12 bits per heavy atom. The van der Waals surface area contributed by atoms with Gasteiger partial charge in [0, 0.05) is 44.8 Å². The van der Waals surface area contributed by atoms with Crippen LogP contribution in [0.3, 0.4) is 0 Å². The lowest BCUT2D eigenvalue weighted by Gasteiger charge is -2.19. The number of ether oxygens (including phenoxy) is 2. The smallest absolute Gasteiger partial charge is 0.254 e. The molecule has 2 N–H and O–H groups in total. The van der Waals surface area contributed by atoms with Crippen molar-refractivity contribution in [1.82, 2.24) is 4.90 Å². The molecule has 1 saturated heterocycles. The second-order valence-electron chi connectivity index (χ2n) is 6.60. The first-order valence-corrected chi connectivity index (χ1v) is 8.45. The summed E-state index contributed by atoms with van der Waals surface area (Å²) in [6.45, 7) is 2.91. The molecule has 2 fully saturated rings. The first-order chi connectivity index (χ1) is 11.2. The van der Waals surface area contributed by atoms with Gasteiger partial charge in [-0.2, -0.15) is 0 Å². The molecule has 1 amide bonds. The van der Waals surface area contributed by atoms with Crippen LogP contribution in [-0.2, 0) is 4.74 Å². The second-order valence-corrected chi connectivity index (χ2v) is 6.60. The van der Waals surface area contributed by atoms with Crippen LogP contribution in [0.2, 0.25) is 0 Å². The molecule has 3 rings (SSSR count). The summed E-state index contributed by atoms with van der Waals surface area (Å²) in [5.41, 5.74) is 6.85. The molecule has 1 aliphatic carbocycles. The van der Waals surface area contributed by atoms with Gasteiger partial charge in [-0.15, -0.1) is 12.4 Å². The van der Waals surface area contributed by atoms with Crippen molar-refractivity contribution in [1.29, 1.82) is 0 Å². The summed E-state index contributed by atoms with van der Waals surface area (Å²) in [5, 5.41) is 0. The Labute approximate surface area is 149 Å². The summed E-state index contributed by atoms with van der Waals surface area (Å²) >= 11 is 0. The van der Waals surface area contributed by atoms with Crippen molar-refractivity contribution in [2.24, 2.45) is 17.6 Å². The molecule has 1 heterocycles. The van der Waals surface area contributed by atoms with E-state index in [2.05, 4.69) is 0 Å². The zero-order chi connectivity index (χ0) is 16.2. The number of nitrogens with zero attached hydrogens (tertiary/aromatic N) is 1. The highest BCUT2D eigenvalue weighted by Crippen LogP contribution is 2.37. The summed E-state index contributed by atoms with van der Waals surface area (Å²) in [6, 6.07) is 7.72. The number of amides is 1. The topological polar surface area (TPSA) is 64.8 Å². The maximum absolute atomic E-state index is 12.7. The van der Waals surface area contributed by atoms with Crippen molar-refractivity contribution in [3.8, 4) is 5.75 Å². The van der Waals surface area contributed by atoms with Gasteiger partial charge in [0.05, 0.1) is 6.61 Å². The van der Waals surface area contributed by atoms with Crippen LogP contribution in [0.15, 0.2) is 24.3 Å². The molecular weight excluding hydrogens is 328 g/mol. The summed E-state index contributed by atoms with van der Waals surface area (Å²) in [4.78, 5) is 14.7. The van der Waals surface area contributed by atoms with Gasteiger partial charge in [0.15, 0.2) is 0 Å². The normalized spacial score (nSPS) is 25.2. The molecule has 6 heteroatoms. The average molecular weight is 355 g/mol. The minimum absolute atomic E-state index is 0. The van der Waals surface area contributed by atoms with E-state index < -0.39 is 0 Å². The fourth-order valence-corrected chi connectivity index (χ4v) is 3.77. The third-order valence-corrected chi connectivity index (χ3v) is 5.04. The van der Waals surface area contributed by atoms with Gasteiger partial charge in [-0.05, 0) is 42.9 Å². The van der Waals surface area contributed by atoms with Crippen molar-refractivity contribution >= 4 is 18.3 Å². The van der Waals surface area contributed by atoms with Gasteiger partial charge in [-0.25, -0.2) is 0 Å². The molecule has 1 saturated carbocycles. The molecule has 0 spiro atoms. The fourth-order valence-electron chi connectivity index (χ4n) is 3.77. The number of benzene rings is 1. The van der Waals surface area contributed by atoms with Crippen molar-refractivity contribution in [3.05, 3.63) is 29.8 Å². The minimum Gasteiger partial charge on any atom is -0.493 e. The number of halogens is 1. The van der Waals surface area contributed by atoms with E-state index in [1.807, 2.05) is 29.2 Å². The number of carbonyl (C=O) groups is 1. The lowest BCUT2D eigenvalue weighted by molar-refractivity contribution is 0.0779. The number of carbonyl (C=O) groups excluding carboxylic acids is 1. The molecule has 24 heavy (non-hydrogen) atoms. The standard InChI is InChI=1S/C18H26N2O3.ClH/c1-22-8-3-9-23-15-5-2-4-13(10-15)18(21)20-11-14-6-7-17(19)16(14)12-20;/h2,4-5,10,14,16-17H,3,6-9,11-12,19H2,1H3;1H. The van der Waals surface area contributed by atoms with E-state index in [1.54, 1.807) is 7.11 Å². The zero-order valence-corrected chi connectivity index (χ0v) is 15.0. The van der Waals surface area contributed by atoms with Crippen LogP contribution in [-0.4, -0.2) is 50.3 Å². The molecule has 5 nitrogen and oxygen atoms in total. The van der Waals surface area contributed by atoms with Crippen LogP contribution in [0.25, 0.3) is 0 Å². The van der Waals surface area contributed by atoms with Gasteiger partial charge >= 0.3 is 0 Å². The van der Waals surface area contributed by atoms with E-state index in [4.69, 9.17) is 15.2 Å². The van der Waals surface area contributed by atoms with Crippen LogP contribution in [0, 0.1) is 11.8 Å². The lowest BCUT2D eigenvalue weighted by atomic mass is 9.98. The average Bonchev–Trinajstić information content (AvgIpc) is 3.14.